The largest absolute Gasteiger partial charge is 0.312 e. The fraction of sp³-hybridized carbons (Fsp3) is 0.0698. The summed E-state index contributed by atoms with van der Waals surface area (Å²) in [6, 6.07) is 55.2. The molecular formula is C43H41AsCl2O3P3Zr-. The minimum Gasteiger partial charge on any atom is -0.312 e. The number of allylic oxidation sites excluding steroid dienone is 2. The Labute approximate surface area is 352 Å². The van der Waals surface area contributed by atoms with Crippen molar-refractivity contribution < 1.29 is 39.9 Å². The summed E-state index contributed by atoms with van der Waals surface area (Å²) in [5, 5.41) is 1.80. The van der Waals surface area contributed by atoms with Crippen LogP contribution in [-0.2, 0) is 39.9 Å². The average molecular weight is 936 g/mol. The van der Waals surface area contributed by atoms with E-state index in [-0.39, 0.29) is 66.8 Å². The summed E-state index contributed by atoms with van der Waals surface area (Å²) in [7, 11) is -11.9. The molecule has 1 heterocycles. The van der Waals surface area contributed by atoms with Gasteiger partial charge in [0.2, 0.25) is 0 Å². The van der Waals surface area contributed by atoms with Crippen LogP contribution in [0.3, 0.4) is 0 Å². The third-order valence-electron chi connectivity index (χ3n) is 8.95. The normalized spacial score (nSPS) is 12.9. The SMILES string of the molecule is CC1=[C-][AsH]C=C1C.Cl.Cl.O=P(c1ccccc1)(c1ccccc1)C(P(=O)(c1ccccc1)c1ccccc1)P(=O)(c1ccccc1)c1ccccc1.[Zr]. The van der Waals surface area contributed by atoms with Crippen LogP contribution in [0, 0.1) is 4.86 Å². The molecule has 0 saturated carbocycles. The van der Waals surface area contributed by atoms with E-state index < -0.39 is 26.6 Å². The summed E-state index contributed by atoms with van der Waals surface area (Å²) in [4.78, 5) is 5.63. The van der Waals surface area contributed by atoms with Gasteiger partial charge >= 0.3 is 50.5 Å². The van der Waals surface area contributed by atoms with Gasteiger partial charge in [-0.05, 0) is 0 Å². The number of halogens is 2. The van der Waals surface area contributed by atoms with Crippen molar-refractivity contribution in [3.63, 3.8) is 0 Å². The monoisotopic (exact) mass is 933 g/mol. The van der Waals surface area contributed by atoms with Gasteiger partial charge in [0, 0.05) is 58.0 Å². The second-order valence-corrected chi connectivity index (χ2v) is 23.6. The minimum atomic E-state index is -3.97. The molecule has 3 nitrogen and oxygen atoms in total. The van der Waals surface area contributed by atoms with E-state index in [2.05, 4.69) is 23.6 Å². The standard InChI is InChI=1S/C37H31O3P3.C6H8As.2ClH.Zr/c38-41(31-19-7-1-8-20-31,32-21-9-2-10-22-32)37(42(39,33-23-11-3-12-24-33)34-25-13-4-14-26-34)43(40,35-27-15-5-16-28-35)36-29-17-6-18-30-36;1-5-3-7-4-6(5)2;;;/h1-30,37H;3,7H,1-2H3;2*1H;/q;-1;;;. The van der Waals surface area contributed by atoms with Crippen LogP contribution in [0.2, 0.25) is 0 Å². The predicted molar refractivity (Wildman–Crippen MR) is 231 cm³/mol. The molecule has 0 N–H and O–H groups in total. The second kappa shape index (κ2) is 20.4. The Morgan fingerprint density at radius 1 is 0.415 bits per heavy atom. The van der Waals surface area contributed by atoms with Crippen molar-refractivity contribution in [1.82, 2.24) is 0 Å². The van der Waals surface area contributed by atoms with Gasteiger partial charge in [0.15, 0.2) is 21.4 Å². The molecule has 6 aromatic rings. The van der Waals surface area contributed by atoms with E-state index >= 15 is 13.7 Å². The summed E-state index contributed by atoms with van der Waals surface area (Å²) in [5.74, 6) is 0. The Hall–Kier alpha value is -2.49. The number of hydrogen-bond acceptors (Lipinski definition) is 3. The van der Waals surface area contributed by atoms with Gasteiger partial charge in [-0.2, -0.15) is 0 Å². The molecule has 0 radical (unpaired) electrons. The Morgan fingerprint density at radius 2 is 0.623 bits per heavy atom. The van der Waals surface area contributed by atoms with Crippen LogP contribution in [0.15, 0.2) is 198 Å². The first kappa shape index (κ1) is 44.9. The molecule has 1 atom stereocenters. The maximum atomic E-state index is 16.6. The van der Waals surface area contributed by atoms with Gasteiger partial charge in [0.25, 0.3) is 0 Å². The summed E-state index contributed by atoms with van der Waals surface area (Å²) in [6.45, 7) is 4.28. The summed E-state index contributed by atoms with van der Waals surface area (Å²) in [5.41, 5.74) is 2.82. The molecule has 0 amide bonds. The van der Waals surface area contributed by atoms with E-state index in [9.17, 15) is 0 Å². The van der Waals surface area contributed by atoms with Gasteiger partial charge < -0.3 is 13.7 Å². The molecule has 0 aliphatic carbocycles. The zero-order valence-corrected chi connectivity index (χ0v) is 38.2. The molecule has 0 aromatic heterocycles. The Balaban J connectivity index is 0.000000681. The molecule has 7 rings (SSSR count). The fourth-order valence-corrected chi connectivity index (χ4v) is 24.7. The van der Waals surface area contributed by atoms with Crippen LogP contribution in [0.5, 0.6) is 0 Å². The van der Waals surface area contributed by atoms with Crippen LogP contribution < -0.4 is 31.8 Å². The quantitative estimate of drug-likeness (QED) is 0.0827. The van der Waals surface area contributed by atoms with E-state index in [0.29, 0.717) is 31.8 Å². The molecule has 0 saturated heterocycles. The zero-order valence-electron chi connectivity index (χ0n) is 29.4. The molecule has 270 valence electrons. The van der Waals surface area contributed by atoms with Gasteiger partial charge in [-0.3, -0.25) is 0 Å². The van der Waals surface area contributed by atoms with Crippen LogP contribution in [0.4, 0.5) is 0 Å². The molecule has 6 aromatic carbocycles. The molecule has 0 fully saturated rings. The van der Waals surface area contributed by atoms with Gasteiger partial charge in [0.05, 0.1) is 0 Å². The Bertz CT molecular complexity index is 1870. The third kappa shape index (κ3) is 9.32. The molecule has 1 aliphatic rings. The molecule has 1 aliphatic heterocycles. The molecule has 0 spiro atoms. The van der Waals surface area contributed by atoms with Crippen molar-refractivity contribution in [3.05, 3.63) is 203 Å². The van der Waals surface area contributed by atoms with Crippen LogP contribution >= 0.6 is 46.2 Å². The van der Waals surface area contributed by atoms with E-state index in [1.54, 1.807) is 0 Å². The van der Waals surface area contributed by atoms with Crippen LogP contribution in [0.1, 0.15) is 13.8 Å². The maximum Gasteiger partial charge on any atom is 0.161 e. The Kier molecular flexibility index (Phi) is 17.3. The summed E-state index contributed by atoms with van der Waals surface area (Å²) >= 11 is 0.102. The Morgan fingerprint density at radius 3 is 0.755 bits per heavy atom. The van der Waals surface area contributed by atoms with E-state index in [1.165, 1.54) is 11.1 Å². The summed E-state index contributed by atoms with van der Waals surface area (Å²) in [6.07, 6.45) is 0. The van der Waals surface area contributed by atoms with E-state index in [4.69, 9.17) is 0 Å². The molecule has 1 unspecified atom stereocenters. The number of rotatable bonds is 9. The first-order valence-corrected chi connectivity index (χ1v) is 24.0. The van der Waals surface area contributed by atoms with E-state index in [0.717, 1.165) is 0 Å². The van der Waals surface area contributed by atoms with Crippen molar-refractivity contribution >= 4 is 93.8 Å². The molecular weight excluding hydrogens is 894 g/mol. The van der Waals surface area contributed by atoms with Crippen molar-refractivity contribution in [2.45, 2.75) is 19.0 Å². The fourth-order valence-electron chi connectivity index (χ4n) is 6.29. The first-order chi connectivity index (χ1) is 24.3. The molecule has 0 bridgehead atoms. The maximum absolute atomic E-state index is 16.6. The van der Waals surface area contributed by atoms with Crippen molar-refractivity contribution in [2.75, 3.05) is 0 Å². The van der Waals surface area contributed by atoms with Gasteiger partial charge in [-0.15, -0.1) is 24.8 Å². The van der Waals surface area contributed by atoms with Gasteiger partial charge in [-0.1, -0.05) is 182 Å². The van der Waals surface area contributed by atoms with Crippen molar-refractivity contribution in [1.29, 1.82) is 0 Å². The predicted octanol–water partition coefficient (Wildman–Crippen LogP) is 9.20. The van der Waals surface area contributed by atoms with Gasteiger partial charge in [-0.25, -0.2) is 0 Å². The van der Waals surface area contributed by atoms with Crippen molar-refractivity contribution in [2.24, 2.45) is 0 Å². The minimum absolute atomic E-state index is 0. The first-order valence-electron chi connectivity index (χ1n) is 16.5. The van der Waals surface area contributed by atoms with Crippen LogP contribution in [0.25, 0.3) is 0 Å². The topological polar surface area (TPSA) is 51.2 Å². The third-order valence-corrected chi connectivity index (χ3v) is 25.5. The van der Waals surface area contributed by atoms with Crippen molar-refractivity contribution in [3.8, 4) is 0 Å². The smallest absolute Gasteiger partial charge is 0.161 e. The second-order valence-electron chi connectivity index (χ2n) is 12.1. The average Bonchev–Trinajstić information content (AvgIpc) is 3.58. The van der Waals surface area contributed by atoms with Gasteiger partial charge in [0.1, 0.15) is 5.14 Å². The van der Waals surface area contributed by atoms with E-state index in [1.807, 2.05) is 182 Å². The van der Waals surface area contributed by atoms with Crippen LogP contribution in [-0.4, -0.2) is 20.9 Å². The zero-order chi connectivity index (χ0) is 35.0. The molecule has 53 heavy (non-hydrogen) atoms. The summed E-state index contributed by atoms with van der Waals surface area (Å²) < 4.78 is 49.7. The number of hydrogen-bond donors (Lipinski definition) is 0. The number of benzene rings is 6. The molecule has 10 heteroatoms.